The number of hydrogen-bond acceptors (Lipinski definition) is 0. The Morgan fingerprint density at radius 3 is 1.73 bits per heavy atom. The average molecular weight is 170 g/mol. The predicted octanol–water partition coefficient (Wildman–Crippen LogP) is 3.59. The van der Waals surface area contributed by atoms with E-state index in [1.807, 2.05) is 0 Å². The molecule has 64 valence electrons. The summed E-state index contributed by atoms with van der Waals surface area (Å²) in [6.45, 7) is 7.60. The molecule has 0 spiro atoms. The number of hydrogen-bond donors (Lipinski definition) is 0. The zero-order valence-corrected chi connectivity index (χ0v) is 8.88. The van der Waals surface area contributed by atoms with Gasteiger partial charge in [0.2, 0.25) is 0 Å². The first-order valence-electron chi connectivity index (χ1n) is 4.81. The van der Waals surface area contributed by atoms with Gasteiger partial charge in [0, 0.05) is 0 Å². The van der Waals surface area contributed by atoms with Crippen molar-refractivity contribution in [2.45, 2.75) is 56.3 Å². The molecule has 0 aromatic heterocycles. The van der Waals surface area contributed by atoms with Crippen molar-refractivity contribution in [1.82, 2.24) is 0 Å². The molecule has 0 nitrogen and oxygen atoms in total. The van der Waals surface area contributed by atoms with E-state index in [9.17, 15) is 0 Å². The maximum Gasteiger partial charge on any atom is -0.0120 e. The molecule has 0 saturated carbocycles. The van der Waals surface area contributed by atoms with Crippen LogP contribution < -0.4 is 0 Å². The van der Waals surface area contributed by atoms with Crippen LogP contribution in [-0.2, 0) is 0 Å². The van der Waals surface area contributed by atoms with Crippen LogP contribution in [0.25, 0.3) is 0 Å². The molecule has 11 heavy (non-hydrogen) atoms. The van der Waals surface area contributed by atoms with Gasteiger partial charge >= 0.3 is 0 Å². The quantitative estimate of drug-likeness (QED) is 0.487. The van der Waals surface area contributed by atoms with Gasteiger partial charge in [0.25, 0.3) is 0 Å². The highest BCUT2D eigenvalue weighted by Crippen LogP contribution is 2.72. The first kappa shape index (κ1) is 8.05. The van der Waals surface area contributed by atoms with E-state index in [1.54, 1.807) is 0 Å². The summed E-state index contributed by atoms with van der Waals surface area (Å²) < 4.78 is 0. The van der Waals surface area contributed by atoms with Crippen LogP contribution in [-0.4, -0.2) is 17.0 Å². The fourth-order valence-electron chi connectivity index (χ4n) is 2.96. The lowest BCUT2D eigenvalue weighted by Crippen LogP contribution is -2.28. The lowest BCUT2D eigenvalue weighted by Gasteiger charge is -2.42. The highest BCUT2D eigenvalue weighted by atomic mass is 31.1. The third kappa shape index (κ3) is 0.985. The van der Waals surface area contributed by atoms with E-state index in [1.165, 1.54) is 32.1 Å². The molecule has 2 aliphatic rings. The monoisotopic (exact) mass is 170 g/mol. The van der Waals surface area contributed by atoms with Crippen molar-refractivity contribution in [3.63, 3.8) is 0 Å². The Hall–Kier alpha value is 0.430. The molecule has 0 aliphatic carbocycles. The number of fused-ring (bicyclic) bond motifs is 2. The molecule has 2 unspecified atom stereocenters. The van der Waals surface area contributed by atoms with Crippen molar-refractivity contribution < 1.29 is 0 Å². The molecular formula is C10H19P. The van der Waals surface area contributed by atoms with Gasteiger partial charge in [-0.2, -0.15) is 0 Å². The van der Waals surface area contributed by atoms with Crippen LogP contribution in [0.1, 0.15) is 46.0 Å². The van der Waals surface area contributed by atoms with Gasteiger partial charge in [0.05, 0.1) is 0 Å². The first-order valence-corrected chi connectivity index (χ1v) is 6.60. The van der Waals surface area contributed by atoms with Gasteiger partial charge in [-0.3, -0.25) is 0 Å². The highest BCUT2D eigenvalue weighted by Gasteiger charge is 2.51. The molecule has 0 radical (unpaired) electrons. The van der Waals surface area contributed by atoms with Crippen LogP contribution in [0.5, 0.6) is 0 Å². The topological polar surface area (TPSA) is 0 Å². The van der Waals surface area contributed by atoms with Crippen LogP contribution in [0.4, 0.5) is 0 Å². The van der Waals surface area contributed by atoms with Crippen LogP contribution in [0.15, 0.2) is 0 Å². The Morgan fingerprint density at radius 2 is 1.36 bits per heavy atom. The fourth-order valence-corrected chi connectivity index (χ4v) is 6.15. The van der Waals surface area contributed by atoms with E-state index in [0.29, 0.717) is 7.92 Å². The lowest BCUT2D eigenvalue weighted by atomic mass is 10.0. The van der Waals surface area contributed by atoms with Crippen molar-refractivity contribution in [2.24, 2.45) is 0 Å². The summed E-state index contributed by atoms with van der Waals surface area (Å²) in [6, 6.07) is 0. The molecule has 2 rings (SSSR count). The normalized spacial score (nSPS) is 56.5. The highest BCUT2D eigenvalue weighted by molar-refractivity contribution is 7.60. The van der Waals surface area contributed by atoms with E-state index in [2.05, 4.69) is 20.5 Å². The van der Waals surface area contributed by atoms with Gasteiger partial charge in [0.15, 0.2) is 0 Å². The SMILES string of the molecule is CP1C2(C)CCCC1(C)CC2. The molecule has 0 aromatic rings. The third-order valence-electron chi connectivity index (χ3n) is 4.25. The Balaban J connectivity index is 2.30. The van der Waals surface area contributed by atoms with Crippen LogP contribution in [0.3, 0.4) is 0 Å². The van der Waals surface area contributed by atoms with Crippen LogP contribution in [0, 0.1) is 0 Å². The van der Waals surface area contributed by atoms with Gasteiger partial charge in [-0.1, -0.05) is 28.2 Å². The van der Waals surface area contributed by atoms with Crippen molar-refractivity contribution >= 4 is 7.92 Å². The van der Waals surface area contributed by atoms with Crippen LogP contribution >= 0.6 is 7.92 Å². The average Bonchev–Trinajstić information content (AvgIpc) is 2.17. The standard InChI is InChI=1S/C10H19P/c1-9-5-4-6-10(2,8-7-9)11(9)3/h4-8H2,1-3H3. The molecule has 2 fully saturated rings. The summed E-state index contributed by atoms with van der Waals surface area (Å²) in [6.07, 6.45) is 7.58. The predicted molar refractivity (Wildman–Crippen MR) is 52.7 cm³/mol. The Bertz CT molecular complexity index is 160. The van der Waals surface area contributed by atoms with E-state index in [4.69, 9.17) is 0 Å². The molecule has 0 amide bonds. The van der Waals surface area contributed by atoms with E-state index >= 15 is 0 Å². The van der Waals surface area contributed by atoms with E-state index in [-0.39, 0.29) is 0 Å². The summed E-state index contributed by atoms with van der Waals surface area (Å²) in [5.74, 6) is 0. The van der Waals surface area contributed by atoms with Gasteiger partial charge in [0.1, 0.15) is 0 Å². The minimum absolute atomic E-state index is 0.333. The second kappa shape index (κ2) is 2.22. The van der Waals surface area contributed by atoms with Crippen LogP contribution in [0.2, 0.25) is 0 Å². The summed E-state index contributed by atoms with van der Waals surface area (Å²) in [5.41, 5.74) is 0. The summed E-state index contributed by atoms with van der Waals surface area (Å²) >= 11 is 0. The Morgan fingerprint density at radius 1 is 0.909 bits per heavy atom. The molecule has 2 atom stereocenters. The Labute approximate surface area is 71.5 Å². The van der Waals surface area contributed by atoms with Gasteiger partial charge < -0.3 is 0 Å². The second-order valence-corrected chi connectivity index (χ2v) is 8.18. The van der Waals surface area contributed by atoms with Gasteiger partial charge in [-0.25, -0.2) is 0 Å². The molecule has 2 heterocycles. The zero-order chi connectivity index (χ0) is 8.11. The first-order chi connectivity index (χ1) is 5.07. The second-order valence-electron chi connectivity index (χ2n) is 4.91. The van der Waals surface area contributed by atoms with E-state index < -0.39 is 0 Å². The van der Waals surface area contributed by atoms with Gasteiger partial charge in [-0.05, 0) is 42.7 Å². The summed E-state index contributed by atoms with van der Waals surface area (Å²) in [5, 5.41) is 1.56. The Kier molecular flexibility index (Phi) is 1.63. The summed E-state index contributed by atoms with van der Waals surface area (Å²) in [7, 11) is 0.333. The maximum absolute atomic E-state index is 2.54. The maximum atomic E-state index is 2.54. The van der Waals surface area contributed by atoms with E-state index in [0.717, 1.165) is 10.3 Å². The molecule has 1 heteroatoms. The molecule has 0 aromatic carbocycles. The molecular weight excluding hydrogens is 151 g/mol. The minimum atomic E-state index is 0.333. The lowest BCUT2D eigenvalue weighted by molar-refractivity contribution is 0.524. The smallest absolute Gasteiger partial charge is 0.0120 e. The minimum Gasteiger partial charge on any atom is -0.0977 e. The van der Waals surface area contributed by atoms with Crippen molar-refractivity contribution in [3.05, 3.63) is 0 Å². The number of rotatable bonds is 0. The fraction of sp³-hybridized carbons (Fsp3) is 1.00. The largest absolute Gasteiger partial charge is 0.0977 e. The molecule has 2 bridgehead atoms. The van der Waals surface area contributed by atoms with Crippen molar-refractivity contribution in [3.8, 4) is 0 Å². The summed E-state index contributed by atoms with van der Waals surface area (Å²) in [4.78, 5) is 0. The van der Waals surface area contributed by atoms with Crippen molar-refractivity contribution in [1.29, 1.82) is 0 Å². The molecule has 0 N–H and O–H groups in total. The van der Waals surface area contributed by atoms with Crippen molar-refractivity contribution in [2.75, 3.05) is 6.66 Å². The zero-order valence-electron chi connectivity index (χ0n) is 7.98. The third-order valence-corrected chi connectivity index (χ3v) is 8.39. The molecule has 2 saturated heterocycles. The van der Waals surface area contributed by atoms with Gasteiger partial charge in [-0.15, -0.1) is 0 Å². The molecule has 2 aliphatic heterocycles.